The van der Waals surface area contributed by atoms with Crippen LogP contribution < -0.4 is 0 Å². The van der Waals surface area contributed by atoms with Crippen LogP contribution in [0.2, 0.25) is 0 Å². The van der Waals surface area contributed by atoms with Gasteiger partial charge in [0.05, 0.1) is 18.3 Å². The minimum atomic E-state index is -0.431. The molecule has 1 aromatic rings. The highest BCUT2D eigenvalue weighted by molar-refractivity contribution is 5.69. The molecule has 4 heteroatoms. The number of carbonyl (C=O) groups excluding carboxylic acids is 1. The van der Waals surface area contributed by atoms with Crippen molar-refractivity contribution in [2.75, 3.05) is 0 Å². The molecular formula is C26H39O4. The number of esters is 1. The first-order valence-corrected chi connectivity index (χ1v) is 11.5. The molecule has 1 saturated carbocycles. The fourth-order valence-corrected chi connectivity index (χ4v) is 4.33. The normalized spacial score (nSPS) is 24.0. The molecule has 2 N–H and O–H groups in total. The van der Waals surface area contributed by atoms with Crippen LogP contribution in [-0.4, -0.2) is 34.5 Å². The zero-order valence-corrected chi connectivity index (χ0v) is 18.6. The van der Waals surface area contributed by atoms with Gasteiger partial charge in [-0.05, 0) is 89.0 Å². The highest BCUT2D eigenvalue weighted by atomic mass is 16.5. The molecule has 0 amide bonds. The Bertz CT molecular complexity index is 625. The lowest BCUT2D eigenvalue weighted by molar-refractivity contribution is -0.147. The largest absolute Gasteiger partial charge is 0.463 e. The molecule has 0 unspecified atom stereocenters. The molecule has 0 spiro atoms. The van der Waals surface area contributed by atoms with Gasteiger partial charge in [-0.3, -0.25) is 4.79 Å². The number of aliphatic hydroxyl groups excluding tert-OH is 2. The molecule has 167 valence electrons. The number of hydrogen-bond donors (Lipinski definition) is 2. The van der Waals surface area contributed by atoms with Gasteiger partial charge in [-0.1, -0.05) is 42.5 Å². The molecule has 0 heterocycles. The standard InChI is InChI=1S/C26H39O4/c1-20(2)30-26(29)18-12-4-3-10-16-22-23(25(28)19-24(22)27)17-11-6-9-15-21-13-7-5-8-14-21/h3,5-8,10,13-14,20,22-25,27-28H,4,9,11-12,15-19H2,1-2H3/b10-3-/t22-,23-,24+,25-/m1/s1. The van der Waals surface area contributed by atoms with Gasteiger partial charge < -0.3 is 14.9 Å². The Morgan fingerprint density at radius 3 is 2.53 bits per heavy atom. The quantitative estimate of drug-likeness (QED) is 0.269. The summed E-state index contributed by atoms with van der Waals surface area (Å²) in [5.74, 6) is 0.125. The van der Waals surface area contributed by atoms with Crippen molar-refractivity contribution in [3.63, 3.8) is 0 Å². The van der Waals surface area contributed by atoms with Gasteiger partial charge in [0.25, 0.3) is 0 Å². The Hall–Kier alpha value is -1.65. The maximum absolute atomic E-state index is 11.5. The summed E-state index contributed by atoms with van der Waals surface area (Å²) in [5, 5.41) is 20.8. The van der Waals surface area contributed by atoms with Crippen molar-refractivity contribution in [3.05, 3.63) is 54.5 Å². The average molecular weight is 416 g/mol. The van der Waals surface area contributed by atoms with E-state index in [9.17, 15) is 15.0 Å². The number of carbonyl (C=O) groups is 1. The van der Waals surface area contributed by atoms with Gasteiger partial charge in [0.2, 0.25) is 0 Å². The second-order valence-corrected chi connectivity index (χ2v) is 8.73. The van der Waals surface area contributed by atoms with E-state index in [2.05, 4.69) is 42.8 Å². The first-order chi connectivity index (χ1) is 14.5. The summed E-state index contributed by atoms with van der Waals surface area (Å²) >= 11 is 0. The minimum absolute atomic E-state index is 0.0594. The van der Waals surface area contributed by atoms with Crippen molar-refractivity contribution in [2.45, 2.75) is 89.9 Å². The van der Waals surface area contributed by atoms with Gasteiger partial charge in [0.1, 0.15) is 0 Å². The topological polar surface area (TPSA) is 66.8 Å². The first-order valence-electron chi connectivity index (χ1n) is 11.5. The van der Waals surface area contributed by atoms with Crippen LogP contribution in [0.15, 0.2) is 42.5 Å². The van der Waals surface area contributed by atoms with Crippen molar-refractivity contribution in [1.82, 2.24) is 0 Å². The summed E-state index contributed by atoms with van der Waals surface area (Å²) in [7, 11) is 0. The molecule has 4 atom stereocenters. The van der Waals surface area contributed by atoms with Crippen LogP contribution in [0.1, 0.15) is 70.8 Å². The van der Waals surface area contributed by atoms with Gasteiger partial charge in [0.15, 0.2) is 0 Å². The molecule has 1 aliphatic carbocycles. The van der Waals surface area contributed by atoms with E-state index in [-0.39, 0.29) is 23.9 Å². The number of allylic oxidation sites excluding steroid dienone is 2. The molecule has 1 fully saturated rings. The Labute approximate surface area is 182 Å². The lowest BCUT2D eigenvalue weighted by Gasteiger charge is -2.22. The zero-order chi connectivity index (χ0) is 21.8. The number of unbranched alkanes of at least 4 members (excludes halogenated alkanes) is 3. The summed E-state index contributed by atoms with van der Waals surface area (Å²) in [4.78, 5) is 11.5. The van der Waals surface area contributed by atoms with E-state index in [1.807, 2.05) is 19.9 Å². The minimum Gasteiger partial charge on any atom is -0.463 e. The van der Waals surface area contributed by atoms with Crippen LogP contribution in [0, 0.1) is 18.3 Å². The van der Waals surface area contributed by atoms with Gasteiger partial charge in [0, 0.05) is 6.42 Å². The van der Waals surface area contributed by atoms with Crippen molar-refractivity contribution in [2.24, 2.45) is 11.8 Å². The Morgan fingerprint density at radius 1 is 1.07 bits per heavy atom. The first kappa shape index (κ1) is 24.6. The van der Waals surface area contributed by atoms with Crippen molar-refractivity contribution in [1.29, 1.82) is 0 Å². The van der Waals surface area contributed by atoms with E-state index in [1.165, 1.54) is 5.56 Å². The Kier molecular flexibility index (Phi) is 11.2. The highest BCUT2D eigenvalue weighted by Gasteiger charge is 2.40. The van der Waals surface area contributed by atoms with Gasteiger partial charge in [-0.2, -0.15) is 0 Å². The number of ether oxygens (including phenoxy) is 1. The van der Waals surface area contributed by atoms with Crippen molar-refractivity contribution in [3.8, 4) is 0 Å². The highest BCUT2D eigenvalue weighted by Crippen LogP contribution is 2.38. The van der Waals surface area contributed by atoms with Crippen LogP contribution in [0.4, 0.5) is 0 Å². The Morgan fingerprint density at radius 2 is 1.80 bits per heavy atom. The predicted molar refractivity (Wildman–Crippen MR) is 121 cm³/mol. The maximum atomic E-state index is 11.5. The monoisotopic (exact) mass is 415 g/mol. The molecule has 30 heavy (non-hydrogen) atoms. The number of aliphatic hydroxyl groups is 2. The lowest BCUT2D eigenvalue weighted by atomic mass is 9.86. The van der Waals surface area contributed by atoms with Crippen molar-refractivity contribution < 1.29 is 19.7 Å². The van der Waals surface area contributed by atoms with E-state index in [0.717, 1.165) is 44.9 Å². The zero-order valence-electron chi connectivity index (χ0n) is 18.6. The van der Waals surface area contributed by atoms with E-state index in [1.54, 1.807) is 0 Å². The fourth-order valence-electron chi connectivity index (χ4n) is 4.33. The molecule has 1 radical (unpaired) electrons. The summed E-state index contributed by atoms with van der Waals surface area (Å²) in [6.07, 6.45) is 12.9. The second-order valence-electron chi connectivity index (χ2n) is 8.73. The number of hydrogen-bond acceptors (Lipinski definition) is 4. The fraction of sp³-hybridized carbons (Fsp3) is 0.615. The SMILES string of the molecule is CC(C)OC(=O)CCC/C=C\C[C@@H]1[C@@H](CC[CH]CCc2ccccc2)[C@H](O)C[C@@H]1O. The molecule has 0 saturated heterocycles. The molecule has 0 aliphatic heterocycles. The number of benzene rings is 1. The maximum Gasteiger partial charge on any atom is 0.306 e. The number of aryl methyl sites for hydroxylation is 1. The summed E-state index contributed by atoms with van der Waals surface area (Å²) in [6, 6.07) is 10.5. The van der Waals surface area contributed by atoms with Crippen LogP contribution in [0.25, 0.3) is 0 Å². The number of rotatable bonds is 13. The van der Waals surface area contributed by atoms with Gasteiger partial charge in [-0.15, -0.1) is 0 Å². The van der Waals surface area contributed by atoms with E-state index in [4.69, 9.17) is 4.74 Å². The Balaban J connectivity index is 1.65. The second kappa shape index (κ2) is 13.6. The third-order valence-corrected chi connectivity index (χ3v) is 5.90. The van der Waals surface area contributed by atoms with Gasteiger partial charge in [-0.25, -0.2) is 0 Å². The third-order valence-electron chi connectivity index (χ3n) is 5.90. The van der Waals surface area contributed by atoms with Crippen LogP contribution in [-0.2, 0) is 16.0 Å². The average Bonchev–Trinajstić information content (AvgIpc) is 2.97. The predicted octanol–water partition coefficient (Wildman–Crippen LogP) is 5.03. The summed E-state index contributed by atoms with van der Waals surface area (Å²) < 4.78 is 5.13. The molecule has 1 aromatic carbocycles. The lowest BCUT2D eigenvalue weighted by Crippen LogP contribution is -2.21. The molecule has 0 aromatic heterocycles. The van der Waals surface area contributed by atoms with E-state index >= 15 is 0 Å². The molecular weight excluding hydrogens is 376 g/mol. The summed E-state index contributed by atoms with van der Waals surface area (Å²) in [6.45, 7) is 3.72. The van der Waals surface area contributed by atoms with E-state index in [0.29, 0.717) is 12.8 Å². The summed E-state index contributed by atoms with van der Waals surface area (Å²) in [5.41, 5.74) is 1.35. The smallest absolute Gasteiger partial charge is 0.306 e. The molecule has 1 aliphatic rings. The van der Waals surface area contributed by atoms with Crippen LogP contribution >= 0.6 is 0 Å². The molecule has 2 rings (SSSR count). The third kappa shape index (κ3) is 9.01. The van der Waals surface area contributed by atoms with Gasteiger partial charge >= 0.3 is 5.97 Å². The van der Waals surface area contributed by atoms with Crippen molar-refractivity contribution >= 4 is 5.97 Å². The van der Waals surface area contributed by atoms with Crippen LogP contribution in [0.3, 0.4) is 0 Å². The van der Waals surface area contributed by atoms with Crippen LogP contribution in [0.5, 0.6) is 0 Å². The molecule has 0 bridgehead atoms. The van der Waals surface area contributed by atoms with E-state index < -0.39 is 12.2 Å². The molecule has 4 nitrogen and oxygen atoms in total.